The van der Waals surface area contributed by atoms with Crippen molar-refractivity contribution in [3.05, 3.63) is 46.0 Å². The summed E-state index contributed by atoms with van der Waals surface area (Å²) in [6.07, 6.45) is -3.01. The van der Waals surface area contributed by atoms with Crippen LogP contribution in [0.15, 0.2) is 29.4 Å². The molecule has 23 heavy (non-hydrogen) atoms. The molecule has 0 aliphatic rings. The van der Waals surface area contributed by atoms with Crippen molar-refractivity contribution in [3.63, 3.8) is 0 Å². The van der Waals surface area contributed by atoms with Crippen LogP contribution in [0, 0.1) is 6.92 Å². The van der Waals surface area contributed by atoms with Crippen LogP contribution in [-0.2, 0) is 10.9 Å². The third kappa shape index (κ3) is 4.28. The summed E-state index contributed by atoms with van der Waals surface area (Å²) in [6.45, 7) is 1.66. The number of methoxy groups -OCH3 is 1. The molecule has 2 rings (SSSR count). The number of nitrogens with one attached hydrogen (secondary N) is 1. The Bertz CT molecular complexity index is 724. The summed E-state index contributed by atoms with van der Waals surface area (Å²) >= 11 is 1.07. The Labute approximate surface area is 133 Å². The van der Waals surface area contributed by atoms with Gasteiger partial charge in [0.2, 0.25) is 5.13 Å². The quantitative estimate of drug-likeness (QED) is 0.522. The molecule has 0 saturated heterocycles. The highest BCUT2D eigenvalue weighted by molar-refractivity contribution is 7.17. The van der Waals surface area contributed by atoms with Crippen LogP contribution in [0.3, 0.4) is 0 Å². The highest BCUT2D eigenvalue weighted by Gasteiger charge is 2.29. The summed E-state index contributed by atoms with van der Waals surface area (Å²) in [6, 6.07) is 4.57. The average Bonchev–Trinajstić information content (AvgIpc) is 2.87. The highest BCUT2D eigenvalue weighted by Crippen LogP contribution is 2.29. The first kappa shape index (κ1) is 16.9. The fraction of sp³-hybridized carbons (Fsp3) is 0.214. The van der Waals surface area contributed by atoms with Gasteiger partial charge in [0.1, 0.15) is 4.88 Å². The predicted molar refractivity (Wildman–Crippen MR) is 80.9 cm³/mol. The van der Waals surface area contributed by atoms with Gasteiger partial charge in [-0.15, -0.1) is 0 Å². The van der Waals surface area contributed by atoms with Crippen molar-refractivity contribution in [3.8, 4) is 0 Å². The topological polar surface area (TPSA) is 63.6 Å². The van der Waals surface area contributed by atoms with Crippen LogP contribution in [0.5, 0.6) is 0 Å². The molecule has 1 heterocycles. The zero-order chi connectivity index (χ0) is 17.0. The summed E-state index contributed by atoms with van der Waals surface area (Å²) in [5.41, 5.74) is 2.90. The number of benzene rings is 1. The van der Waals surface area contributed by atoms with Gasteiger partial charge in [0.05, 0.1) is 24.6 Å². The van der Waals surface area contributed by atoms with E-state index in [1.54, 1.807) is 6.92 Å². The second-order valence-corrected chi connectivity index (χ2v) is 5.41. The van der Waals surface area contributed by atoms with Crippen LogP contribution < -0.4 is 5.43 Å². The van der Waals surface area contributed by atoms with Gasteiger partial charge in [-0.3, -0.25) is 5.43 Å². The summed E-state index contributed by atoms with van der Waals surface area (Å²) in [7, 11) is 1.28. The lowest BCUT2D eigenvalue weighted by molar-refractivity contribution is -0.137. The fourth-order valence-corrected chi connectivity index (χ4v) is 2.48. The van der Waals surface area contributed by atoms with Crippen LogP contribution >= 0.6 is 11.3 Å². The third-order valence-electron chi connectivity index (χ3n) is 2.78. The number of ether oxygens (including phenoxy) is 1. The lowest BCUT2D eigenvalue weighted by atomic mass is 10.1. The number of esters is 1. The lowest BCUT2D eigenvalue weighted by Gasteiger charge is -2.05. The van der Waals surface area contributed by atoms with Crippen LogP contribution in [0.2, 0.25) is 0 Å². The number of alkyl halides is 3. The van der Waals surface area contributed by atoms with Gasteiger partial charge in [0, 0.05) is 0 Å². The summed E-state index contributed by atoms with van der Waals surface area (Å²) in [5.74, 6) is -0.486. The minimum Gasteiger partial charge on any atom is -0.465 e. The molecule has 0 saturated carbocycles. The Morgan fingerprint density at radius 3 is 2.57 bits per heavy atom. The maximum atomic E-state index is 12.4. The molecular formula is C14H12F3N3O2S. The van der Waals surface area contributed by atoms with Crippen LogP contribution in [-0.4, -0.2) is 24.3 Å². The number of nitrogens with zero attached hydrogens (tertiary/aromatic N) is 2. The Morgan fingerprint density at radius 2 is 2.00 bits per heavy atom. The Morgan fingerprint density at radius 1 is 1.35 bits per heavy atom. The molecule has 0 aliphatic carbocycles. The number of hydrazone groups is 1. The normalized spacial score (nSPS) is 11.7. The van der Waals surface area contributed by atoms with Crippen molar-refractivity contribution < 1.29 is 22.7 Å². The average molecular weight is 343 g/mol. The number of hydrogen-bond acceptors (Lipinski definition) is 6. The second-order valence-electron chi connectivity index (χ2n) is 4.41. The molecule has 0 unspecified atom stereocenters. The molecule has 0 bridgehead atoms. The molecule has 0 fully saturated rings. The maximum absolute atomic E-state index is 12.4. The first-order valence-electron chi connectivity index (χ1n) is 6.33. The number of rotatable bonds is 4. The smallest absolute Gasteiger partial charge is 0.416 e. The van der Waals surface area contributed by atoms with Gasteiger partial charge >= 0.3 is 12.1 Å². The summed E-state index contributed by atoms with van der Waals surface area (Å²) in [5, 5.41) is 4.26. The number of aromatic nitrogens is 1. The number of halogens is 3. The van der Waals surface area contributed by atoms with Crippen molar-refractivity contribution in [1.29, 1.82) is 0 Å². The van der Waals surface area contributed by atoms with Gasteiger partial charge in [0.15, 0.2) is 0 Å². The van der Waals surface area contributed by atoms with Crippen molar-refractivity contribution in [2.75, 3.05) is 12.5 Å². The molecule has 1 aromatic carbocycles. The van der Waals surface area contributed by atoms with Crippen molar-refractivity contribution in [2.24, 2.45) is 5.10 Å². The molecule has 0 radical (unpaired) electrons. The maximum Gasteiger partial charge on any atom is 0.416 e. The zero-order valence-electron chi connectivity index (χ0n) is 12.1. The molecule has 0 spiro atoms. The standard InChI is InChI=1S/C14H12F3N3O2S/c1-8-11(12(21)22-2)23-13(19-8)20-18-7-9-3-5-10(6-4-9)14(15,16)17/h3-7H,1-2H3,(H,19,20)/b18-7-. The minimum absolute atomic E-state index is 0.361. The van der Waals surface area contributed by atoms with Gasteiger partial charge in [-0.2, -0.15) is 18.3 Å². The molecule has 2 aromatic rings. The van der Waals surface area contributed by atoms with Gasteiger partial charge in [-0.1, -0.05) is 23.5 Å². The molecule has 9 heteroatoms. The van der Waals surface area contributed by atoms with Gasteiger partial charge in [-0.05, 0) is 24.6 Å². The van der Waals surface area contributed by atoms with E-state index in [0.29, 0.717) is 21.3 Å². The molecule has 0 atom stereocenters. The molecule has 122 valence electrons. The largest absolute Gasteiger partial charge is 0.465 e. The van der Waals surface area contributed by atoms with Gasteiger partial charge in [-0.25, -0.2) is 9.78 Å². The summed E-state index contributed by atoms with van der Waals surface area (Å²) in [4.78, 5) is 15.9. The van der Waals surface area contributed by atoms with E-state index in [-0.39, 0.29) is 0 Å². The molecule has 0 aliphatic heterocycles. The molecule has 0 amide bonds. The first-order valence-corrected chi connectivity index (χ1v) is 7.15. The van der Waals surface area contributed by atoms with Gasteiger partial charge < -0.3 is 4.74 Å². The number of anilines is 1. The fourth-order valence-electron chi connectivity index (χ4n) is 1.65. The molecule has 1 aromatic heterocycles. The van der Waals surface area contributed by atoms with E-state index in [9.17, 15) is 18.0 Å². The first-order chi connectivity index (χ1) is 10.8. The van der Waals surface area contributed by atoms with Crippen LogP contribution in [0.25, 0.3) is 0 Å². The predicted octanol–water partition coefficient (Wildman–Crippen LogP) is 3.70. The van der Waals surface area contributed by atoms with Crippen LogP contribution in [0.4, 0.5) is 18.3 Å². The van der Waals surface area contributed by atoms with Crippen molar-refractivity contribution in [1.82, 2.24) is 4.98 Å². The summed E-state index contributed by atoms with van der Waals surface area (Å²) < 4.78 is 41.9. The molecule has 5 nitrogen and oxygen atoms in total. The Balaban J connectivity index is 2.03. The molecule has 1 N–H and O–H groups in total. The number of aryl methyl sites for hydroxylation is 1. The number of carbonyl (C=O) groups is 1. The van der Waals surface area contributed by atoms with E-state index in [1.165, 1.54) is 25.5 Å². The van der Waals surface area contributed by atoms with E-state index < -0.39 is 17.7 Å². The SMILES string of the molecule is COC(=O)c1sc(N/N=C\c2ccc(C(F)(F)F)cc2)nc1C. The monoisotopic (exact) mass is 343 g/mol. The number of hydrogen-bond donors (Lipinski definition) is 1. The van der Waals surface area contributed by atoms with E-state index in [0.717, 1.165) is 23.5 Å². The van der Waals surface area contributed by atoms with Crippen LogP contribution in [0.1, 0.15) is 26.5 Å². The highest BCUT2D eigenvalue weighted by atomic mass is 32.1. The Hall–Kier alpha value is -2.42. The van der Waals surface area contributed by atoms with Crippen molar-refractivity contribution >= 4 is 28.7 Å². The zero-order valence-corrected chi connectivity index (χ0v) is 13.0. The van der Waals surface area contributed by atoms with E-state index in [1.807, 2.05) is 0 Å². The second kappa shape index (κ2) is 6.78. The number of carbonyl (C=O) groups excluding carboxylic acids is 1. The van der Waals surface area contributed by atoms with Gasteiger partial charge in [0.25, 0.3) is 0 Å². The van der Waals surface area contributed by atoms with Crippen molar-refractivity contribution in [2.45, 2.75) is 13.1 Å². The minimum atomic E-state index is -4.36. The molecular weight excluding hydrogens is 331 g/mol. The Kier molecular flexibility index (Phi) is 4.99. The van der Waals surface area contributed by atoms with E-state index in [2.05, 4.69) is 20.2 Å². The lowest BCUT2D eigenvalue weighted by Crippen LogP contribution is -2.04. The van der Waals surface area contributed by atoms with E-state index >= 15 is 0 Å². The number of thiazole rings is 1. The third-order valence-corrected chi connectivity index (χ3v) is 3.82. The van der Waals surface area contributed by atoms with E-state index in [4.69, 9.17) is 0 Å².